The minimum absolute atomic E-state index is 1.31. The first kappa shape index (κ1) is 45.8. The fraction of sp³-hybridized carbons (Fsp3) is 0. The van der Waals surface area contributed by atoms with Crippen molar-refractivity contribution in [2.75, 3.05) is 0 Å². The Bertz CT molecular complexity index is 1830. The van der Waals surface area contributed by atoms with E-state index in [-0.39, 0.29) is 0 Å². The van der Waals surface area contributed by atoms with Crippen LogP contribution in [-0.4, -0.2) is 5.21 Å². The van der Waals surface area contributed by atoms with Crippen molar-refractivity contribution in [3.05, 3.63) is 0 Å². The summed E-state index contributed by atoms with van der Waals surface area (Å²) < 4.78 is 0. The molecule has 4 N–H and O–H groups in total. The minimum atomic E-state index is 1.31. The van der Waals surface area contributed by atoms with Crippen LogP contribution in [-0.2, 0) is 0 Å². The van der Waals surface area contributed by atoms with E-state index >= 15 is 0 Å². The number of hydrogen-bond donors (Lipinski definition) is 3. The first-order chi connectivity index (χ1) is 28.4. The van der Waals surface area contributed by atoms with Gasteiger partial charge in [-0.3, -0.25) is 5.21 Å². The van der Waals surface area contributed by atoms with Crippen molar-refractivity contribution >= 4 is 0 Å². The minimum Gasteiger partial charge on any atom is -0.303 e. The van der Waals surface area contributed by atoms with Gasteiger partial charge in [-0.15, -0.1) is 0 Å². The van der Waals surface area contributed by atoms with E-state index in [4.69, 9.17) is 5.21 Å². The largest absolute Gasteiger partial charge is 0.303 e. The Labute approximate surface area is 299 Å². The van der Waals surface area contributed by atoms with Crippen LogP contribution in [0.5, 0.6) is 0 Å². The molecule has 57 heavy (non-hydrogen) atoms. The first-order valence-corrected chi connectivity index (χ1v) is 11.3. The molecule has 0 radical (unpaired) electrons. The van der Waals surface area contributed by atoms with Crippen molar-refractivity contribution < 1.29 is 5.21 Å². The highest BCUT2D eigenvalue weighted by molar-refractivity contribution is 4.18. The predicted molar refractivity (Wildman–Crippen MR) is 140 cm³/mol. The molecule has 0 aromatic heterocycles. The van der Waals surface area contributed by atoms with Gasteiger partial charge >= 0.3 is 0 Å². The zero-order valence-corrected chi connectivity index (χ0v) is 25.7. The molecule has 0 rings (SSSR count). The van der Waals surface area contributed by atoms with E-state index in [0.717, 1.165) is 0 Å². The summed E-state index contributed by atoms with van der Waals surface area (Å²) in [6.07, 6.45) is 0. The molecule has 0 saturated heterocycles. The molecule has 0 aromatic rings. The lowest BCUT2D eigenvalue weighted by molar-refractivity contribution is 0.161. The molecular formula is H4N56O. The highest BCUT2D eigenvalue weighted by Crippen LogP contribution is 1.94. The smallest absolute Gasteiger partial charge is 0 e. The molecule has 0 aliphatic carbocycles. The van der Waals surface area contributed by atoms with Crippen LogP contribution >= 0.6 is 0 Å². The van der Waals surface area contributed by atoms with Crippen molar-refractivity contribution in [2.24, 2.45) is 288 Å². The Balaban J connectivity index is 4.07. The average Bonchev–Trinajstić information content (AvgIpc) is 3.22. The Morgan fingerprint density at radius 3 is 0.386 bits per heavy atom. The van der Waals surface area contributed by atoms with E-state index in [0.29, 0.717) is 0 Å². The molecule has 57 nitrogen and oxygen atoms in total. The molecule has 57 heteroatoms. The Morgan fingerprint density at radius 2 is 0.281 bits per heavy atom. The maximum Gasteiger partial charge on any atom is 0 e. The van der Waals surface area contributed by atoms with E-state index < -0.39 is 0 Å². The summed E-state index contributed by atoms with van der Waals surface area (Å²) in [5, 5.41) is 169. The average molecular weight is 804 g/mol. The van der Waals surface area contributed by atoms with Gasteiger partial charge in [0.25, 0.3) is 0 Å². The highest BCUT2D eigenvalue weighted by atomic mass is 16.5. The van der Waals surface area contributed by atoms with Gasteiger partial charge in [-0.25, -0.2) is 0 Å². The lowest BCUT2D eigenvalue weighted by atomic mass is 12.3. The lowest BCUT2D eigenvalue weighted by Gasteiger charge is -1.73. The third kappa shape index (κ3) is 44.8. The first-order valence-electron chi connectivity index (χ1n) is 11.3. The van der Waals surface area contributed by atoms with Crippen LogP contribution in [0, 0.1) is 0 Å². The molecule has 0 atom stereocenters. The van der Waals surface area contributed by atoms with Crippen LogP contribution in [0.2, 0.25) is 0 Å². The summed E-state index contributed by atoms with van der Waals surface area (Å²) in [5.41, 5.74) is 1.31. The number of nitrogens with zero attached hydrogens (tertiary/aromatic N) is 54. The van der Waals surface area contributed by atoms with Crippen LogP contribution in [0.15, 0.2) is 282 Å². The zero-order valence-electron chi connectivity index (χ0n) is 25.7. The topological polar surface area (TPSA) is 726 Å². The Kier molecular flexibility index (Phi) is 35.9. The standard InChI is InChI=1S/H4N56O/c1-2-3-4-5-6-7-8-9-10-11-12-13-14-15-16-17-18-19-20-21-22-23-24-25-26-27-28-29-30-31-32-33-34-35-36-37-38-39-40-41-42-43-44-45-46-47-48-49-50-51-52-53-54-55-56-57/h(H,2,4,6,8,10,12,14,16,18,20,22,24,26,28,30,32,34,36,38,40,42,44,46,48,50,52,54,56)(H3,1,3,5,7,9,11,13,15,17,19,21,23,25,27,29,31,33,35,37,39,41,43,45,47,49,51,53,55,57). The van der Waals surface area contributed by atoms with Crippen LogP contribution in [0.1, 0.15) is 0 Å². The van der Waals surface area contributed by atoms with Crippen LogP contribution in [0.3, 0.4) is 0 Å². The van der Waals surface area contributed by atoms with Gasteiger partial charge in [0, 0.05) is 198 Å². The number of hydrogen-bond acceptors (Lipinski definition) is 3. The fourth-order valence-corrected chi connectivity index (χ4v) is 0.958. The molecule has 0 saturated carbocycles. The molecule has 0 unspecified atom stereocenters. The lowest BCUT2D eigenvalue weighted by Crippen LogP contribution is -1.90. The highest BCUT2D eigenvalue weighted by Gasteiger charge is 1.75. The number of rotatable bonds is 27. The number of nitrogens with one attached hydrogen (secondary N) is 1. The second-order valence-corrected chi connectivity index (χ2v) is 4.97. The maximum atomic E-state index is 8.01. The second-order valence-electron chi connectivity index (χ2n) is 4.97. The third-order valence-electron chi connectivity index (χ3n) is 2.18. The van der Waals surface area contributed by atoms with Gasteiger partial charge in [0.1, 0.15) is 0 Å². The summed E-state index contributed by atoms with van der Waals surface area (Å²) in [7, 11) is 0. The van der Waals surface area contributed by atoms with Crippen molar-refractivity contribution in [1.82, 2.24) is 5.59 Å². The molecule has 0 aliphatic heterocycles. The summed E-state index contributed by atoms with van der Waals surface area (Å²) in [4.78, 5) is 0. The van der Waals surface area contributed by atoms with E-state index in [9.17, 15) is 0 Å². The van der Waals surface area contributed by atoms with Crippen molar-refractivity contribution in [3.63, 3.8) is 0 Å². The third-order valence-corrected chi connectivity index (χ3v) is 2.18. The second kappa shape index (κ2) is 44.8. The summed E-state index contributed by atoms with van der Waals surface area (Å²) >= 11 is 0. The summed E-state index contributed by atoms with van der Waals surface area (Å²) in [5.74, 6) is 4.63. The molecule has 0 aliphatic rings. The van der Waals surface area contributed by atoms with Crippen LogP contribution in [0.25, 0.3) is 0 Å². The molecule has 0 aromatic carbocycles. The maximum absolute atomic E-state index is 8.01. The zero-order chi connectivity index (χ0) is 40.9. The molecule has 0 heterocycles. The van der Waals surface area contributed by atoms with Crippen molar-refractivity contribution in [2.45, 2.75) is 0 Å². The molecule has 0 bridgehead atoms. The Hall–Kier alpha value is -11.2. The normalized spacial score (nSPS) is 15.4. The Morgan fingerprint density at radius 1 is 0.175 bits per heavy atom. The molecule has 290 valence electrons. The van der Waals surface area contributed by atoms with Gasteiger partial charge in [-0.1, -0.05) is 5.22 Å². The van der Waals surface area contributed by atoms with Gasteiger partial charge in [-0.2, -0.15) is 5.59 Å². The van der Waals surface area contributed by atoms with Crippen molar-refractivity contribution in [3.8, 4) is 0 Å². The summed E-state index contributed by atoms with van der Waals surface area (Å²) in [6.45, 7) is 0. The molecule has 0 spiro atoms. The quantitative estimate of drug-likeness (QED) is 0.0416. The van der Waals surface area contributed by atoms with E-state index in [1.54, 1.807) is 0 Å². The summed E-state index contributed by atoms with van der Waals surface area (Å²) in [6, 6.07) is 0. The molecular weight excluding hydrogens is 800 g/mol. The monoisotopic (exact) mass is 804 g/mol. The van der Waals surface area contributed by atoms with Crippen molar-refractivity contribution in [1.29, 1.82) is 0 Å². The van der Waals surface area contributed by atoms with E-state index in [1.807, 2.05) is 0 Å². The predicted octanol–water partition coefficient (Wildman–Crippen LogP) is 8.75. The van der Waals surface area contributed by atoms with Gasteiger partial charge in [-0.05, 0) is 78.3 Å². The number of nitrogens with two attached hydrogens (primary N) is 1. The molecule has 0 fully saturated rings. The van der Waals surface area contributed by atoms with E-state index in [2.05, 4.69) is 288 Å². The van der Waals surface area contributed by atoms with Gasteiger partial charge < -0.3 is 5.84 Å². The molecule has 0 amide bonds. The van der Waals surface area contributed by atoms with Crippen LogP contribution in [0.4, 0.5) is 0 Å². The van der Waals surface area contributed by atoms with E-state index in [1.165, 1.54) is 5.59 Å². The van der Waals surface area contributed by atoms with Crippen LogP contribution < -0.4 is 11.4 Å². The van der Waals surface area contributed by atoms with Gasteiger partial charge in [0.2, 0.25) is 0 Å². The van der Waals surface area contributed by atoms with Gasteiger partial charge in [0.05, 0.1) is 0 Å². The fourth-order valence-electron chi connectivity index (χ4n) is 0.958. The van der Waals surface area contributed by atoms with Gasteiger partial charge in [0.15, 0.2) is 0 Å². The SMILES string of the molecule is N/N=N/N=N/N=N/N=N/N=N/N=N/N=N/N=N/N=N/N=N/N=N/N=N/N=N/N=N/N=N/N=N/N=N/N=N/N=N/N=N/N=N/N=N/N=N/N=N/N=N/N=N/N=N/NO.